The molecule has 1 aromatic rings. The second-order valence-corrected chi connectivity index (χ2v) is 4.79. The Morgan fingerprint density at radius 3 is 2.68 bits per heavy atom. The summed E-state index contributed by atoms with van der Waals surface area (Å²) in [5.41, 5.74) is 0.343. The summed E-state index contributed by atoms with van der Waals surface area (Å²) in [6, 6.07) is 4.71. The van der Waals surface area contributed by atoms with E-state index in [1.807, 2.05) is 0 Å². The first-order valence-corrected chi connectivity index (χ1v) is 6.64. The van der Waals surface area contributed by atoms with E-state index in [9.17, 15) is 14.4 Å². The summed E-state index contributed by atoms with van der Waals surface area (Å²) < 4.78 is 10.3. The Balaban J connectivity index is 1.80. The molecular formula is C14H16N2O6. The zero-order valence-electron chi connectivity index (χ0n) is 11.9. The number of nitrogens with one attached hydrogen (secondary N) is 2. The van der Waals surface area contributed by atoms with E-state index in [4.69, 9.17) is 14.6 Å². The Kier molecular flexibility index (Phi) is 4.82. The molecule has 1 heterocycles. The van der Waals surface area contributed by atoms with Gasteiger partial charge in [0, 0.05) is 12.1 Å². The van der Waals surface area contributed by atoms with Crippen LogP contribution in [0, 0.1) is 5.92 Å². The van der Waals surface area contributed by atoms with Gasteiger partial charge in [-0.15, -0.1) is 0 Å². The number of carboxylic acid groups (broad SMARTS) is 1. The number of benzene rings is 1. The molecule has 8 heteroatoms. The molecule has 1 unspecified atom stereocenters. The normalized spacial score (nSPS) is 13.3. The Labute approximate surface area is 126 Å². The maximum atomic E-state index is 11.9. The molecule has 0 saturated carbocycles. The number of rotatable bonds is 6. The third-order valence-corrected chi connectivity index (χ3v) is 3.07. The first-order chi connectivity index (χ1) is 10.5. The molecule has 118 valence electrons. The molecule has 3 N–H and O–H groups in total. The predicted molar refractivity (Wildman–Crippen MR) is 74.7 cm³/mol. The lowest BCUT2D eigenvalue weighted by molar-refractivity contribution is -0.141. The fraction of sp³-hybridized carbons (Fsp3) is 0.357. The maximum absolute atomic E-state index is 11.9. The molecule has 1 aromatic carbocycles. The summed E-state index contributed by atoms with van der Waals surface area (Å²) in [4.78, 5) is 34.1. The highest BCUT2D eigenvalue weighted by atomic mass is 16.7. The van der Waals surface area contributed by atoms with Gasteiger partial charge in [-0.25, -0.2) is 0 Å². The SMILES string of the molecule is CC(CNC(=O)CNC(=O)c1ccc2c(c1)OCO2)C(=O)O. The molecule has 1 aliphatic rings. The van der Waals surface area contributed by atoms with Gasteiger partial charge in [0.15, 0.2) is 11.5 Å². The molecule has 8 nitrogen and oxygen atoms in total. The molecule has 1 atom stereocenters. The summed E-state index contributed by atoms with van der Waals surface area (Å²) in [5, 5.41) is 13.6. The lowest BCUT2D eigenvalue weighted by Gasteiger charge is -2.09. The van der Waals surface area contributed by atoms with Crippen LogP contribution in [-0.2, 0) is 9.59 Å². The van der Waals surface area contributed by atoms with Crippen LogP contribution in [0.25, 0.3) is 0 Å². The highest BCUT2D eigenvalue weighted by Gasteiger charge is 2.17. The molecule has 22 heavy (non-hydrogen) atoms. The zero-order chi connectivity index (χ0) is 16.1. The fourth-order valence-electron chi connectivity index (χ4n) is 1.72. The molecule has 0 aromatic heterocycles. The average Bonchev–Trinajstić information content (AvgIpc) is 2.97. The van der Waals surface area contributed by atoms with Crippen molar-refractivity contribution in [2.24, 2.45) is 5.92 Å². The lowest BCUT2D eigenvalue weighted by Crippen LogP contribution is -2.39. The number of aliphatic carboxylic acids is 1. The van der Waals surface area contributed by atoms with Gasteiger partial charge in [0.25, 0.3) is 5.91 Å². The van der Waals surface area contributed by atoms with Crippen molar-refractivity contribution in [2.75, 3.05) is 19.9 Å². The second-order valence-electron chi connectivity index (χ2n) is 4.79. The maximum Gasteiger partial charge on any atom is 0.308 e. The van der Waals surface area contributed by atoms with Crippen LogP contribution in [-0.4, -0.2) is 42.8 Å². The monoisotopic (exact) mass is 308 g/mol. The van der Waals surface area contributed by atoms with Gasteiger partial charge in [-0.05, 0) is 18.2 Å². The Morgan fingerprint density at radius 2 is 1.95 bits per heavy atom. The van der Waals surface area contributed by atoms with Crippen LogP contribution in [0.5, 0.6) is 11.5 Å². The van der Waals surface area contributed by atoms with E-state index in [1.165, 1.54) is 13.0 Å². The van der Waals surface area contributed by atoms with Crippen molar-refractivity contribution in [1.82, 2.24) is 10.6 Å². The standard InChI is InChI=1S/C14H16N2O6/c1-8(14(19)20)5-15-12(17)6-16-13(18)9-2-3-10-11(4-9)22-7-21-10/h2-4,8H,5-7H2,1H3,(H,15,17)(H,16,18)(H,19,20). The highest BCUT2D eigenvalue weighted by molar-refractivity contribution is 5.97. The molecular weight excluding hydrogens is 292 g/mol. The van der Waals surface area contributed by atoms with Gasteiger partial charge in [-0.2, -0.15) is 0 Å². The number of carbonyl (C=O) groups is 3. The minimum Gasteiger partial charge on any atom is -0.481 e. The minimum atomic E-state index is -0.996. The smallest absolute Gasteiger partial charge is 0.308 e. The van der Waals surface area contributed by atoms with Gasteiger partial charge in [-0.1, -0.05) is 6.92 Å². The highest BCUT2D eigenvalue weighted by Crippen LogP contribution is 2.32. The van der Waals surface area contributed by atoms with Crippen molar-refractivity contribution in [1.29, 1.82) is 0 Å². The largest absolute Gasteiger partial charge is 0.481 e. The molecule has 2 rings (SSSR count). The summed E-state index contributed by atoms with van der Waals surface area (Å²) in [5.74, 6) is -1.52. The quantitative estimate of drug-likeness (QED) is 0.680. The number of ether oxygens (including phenoxy) is 2. The van der Waals surface area contributed by atoms with Crippen molar-refractivity contribution < 1.29 is 29.0 Å². The van der Waals surface area contributed by atoms with E-state index in [2.05, 4.69) is 10.6 Å². The number of hydrogen-bond donors (Lipinski definition) is 3. The molecule has 0 radical (unpaired) electrons. The summed E-state index contributed by atoms with van der Waals surface area (Å²) in [7, 11) is 0. The first kappa shape index (κ1) is 15.6. The van der Waals surface area contributed by atoms with E-state index in [0.29, 0.717) is 17.1 Å². The zero-order valence-corrected chi connectivity index (χ0v) is 11.9. The van der Waals surface area contributed by atoms with Crippen LogP contribution in [0.2, 0.25) is 0 Å². The van der Waals surface area contributed by atoms with Crippen LogP contribution < -0.4 is 20.1 Å². The van der Waals surface area contributed by atoms with Gasteiger partial charge in [-0.3, -0.25) is 14.4 Å². The fourth-order valence-corrected chi connectivity index (χ4v) is 1.72. The van der Waals surface area contributed by atoms with Crippen molar-refractivity contribution in [3.05, 3.63) is 23.8 Å². The van der Waals surface area contributed by atoms with Crippen LogP contribution in [0.15, 0.2) is 18.2 Å². The van der Waals surface area contributed by atoms with E-state index in [1.54, 1.807) is 12.1 Å². The van der Waals surface area contributed by atoms with Crippen LogP contribution in [0.1, 0.15) is 17.3 Å². The minimum absolute atomic E-state index is 0.00800. The number of amides is 2. The second kappa shape index (κ2) is 6.79. The van der Waals surface area contributed by atoms with Crippen LogP contribution in [0.3, 0.4) is 0 Å². The molecule has 0 fully saturated rings. The summed E-state index contributed by atoms with van der Waals surface area (Å²) in [6.45, 7) is 1.37. The van der Waals surface area contributed by atoms with Gasteiger partial charge >= 0.3 is 5.97 Å². The number of carboxylic acids is 1. The first-order valence-electron chi connectivity index (χ1n) is 6.64. The van der Waals surface area contributed by atoms with Gasteiger partial charge in [0.05, 0.1) is 12.5 Å². The van der Waals surface area contributed by atoms with Crippen LogP contribution >= 0.6 is 0 Å². The Hall–Kier alpha value is -2.77. The molecule has 0 spiro atoms. The van der Waals surface area contributed by atoms with Crippen molar-refractivity contribution in [3.63, 3.8) is 0 Å². The van der Waals surface area contributed by atoms with E-state index in [0.717, 1.165) is 0 Å². The van der Waals surface area contributed by atoms with Crippen molar-refractivity contribution in [2.45, 2.75) is 6.92 Å². The Bertz CT molecular complexity index is 601. The number of fused-ring (bicyclic) bond motifs is 1. The average molecular weight is 308 g/mol. The number of hydrogen-bond acceptors (Lipinski definition) is 5. The summed E-state index contributed by atoms with van der Waals surface area (Å²) >= 11 is 0. The molecule has 2 amide bonds. The topological polar surface area (TPSA) is 114 Å². The number of carbonyl (C=O) groups excluding carboxylic acids is 2. The predicted octanol–water partition coefficient (Wildman–Crippen LogP) is -0.0180. The molecule has 1 aliphatic heterocycles. The third kappa shape index (κ3) is 3.87. The van der Waals surface area contributed by atoms with Crippen LogP contribution in [0.4, 0.5) is 0 Å². The molecule has 0 saturated heterocycles. The van der Waals surface area contributed by atoms with Crippen molar-refractivity contribution in [3.8, 4) is 11.5 Å². The van der Waals surface area contributed by atoms with E-state index >= 15 is 0 Å². The van der Waals surface area contributed by atoms with Gasteiger partial charge < -0.3 is 25.2 Å². The van der Waals surface area contributed by atoms with E-state index in [-0.39, 0.29) is 19.9 Å². The summed E-state index contributed by atoms with van der Waals surface area (Å²) in [6.07, 6.45) is 0. The van der Waals surface area contributed by atoms with Crippen molar-refractivity contribution >= 4 is 17.8 Å². The Morgan fingerprint density at radius 1 is 1.23 bits per heavy atom. The molecule has 0 aliphatic carbocycles. The van der Waals surface area contributed by atoms with Gasteiger partial charge in [0.2, 0.25) is 12.7 Å². The van der Waals surface area contributed by atoms with Gasteiger partial charge in [0.1, 0.15) is 0 Å². The lowest BCUT2D eigenvalue weighted by atomic mass is 10.2. The molecule has 0 bridgehead atoms. The third-order valence-electron chi connectivity index (χ3n) is 3.07. The van der Waals surface area contributed by atoms with E-state index < -0.39 is 23.7 Å².